The highest BCUT2D eigenvalue weighted by Crippen LogP contribution is 2.17. The number of rotatable bonds is 8. The van der Waals surface area contributed by atoms with Crippen LogP contribution in [0.4, 0.5) is 5.69 Å². The predicted octanol–water partition coefficient (Wildman–Crippen LogP) is 3.53. The molecule has 3 aromatic carbocycles. The summed E-state index contributed by atoms with van der Waals surface area (Å²) in [4.78, 5) is 23.1. The molecule has 0 unspecified atom stereocenters. The summed E-state index contributed by atoms with van der Waals surface area (Å²) >= 11 is 0. The zero-order valence-electron chi connectivity index (χ0n) is 15.2. The van der Waals surface area contributed by atoms with E-state index in [9.17, 15) is 14.9 Å². The number of amides is 1. The van der Waals surface area contributed by atoms with Crippen molar-refractivity contribution < 1.29 is 19.2 Å². The fourth-order valence-corrected chi connectivity index (χ4v) is 2.36. The van der Waals surface area contributed by atoms with Gasteiger partial charge in [-0.15, -0.1) is 0 Å². The molecule has 0 bridgehead atoms. The van der Waals surface area contributed by atoms with E-state index in [1.165, 1.54) is 18.3 Å². The van der Waals surface area contributed by atoms with Crippen LogP contribution in [0, 0.1) is 10.1 Å². The number of nitrogens with one attached hydrogen (secondary N) is 1. The Morgan fingerprint density at radius 3 is 1.97 bits per heavy atom. The summed E-state index contributed by atoms with van der Waals surface area (Å²) in [6.07, 6.45) is -0.124. The molecule has 0 spiro atoms. The van der Waals surface area contributed by atoms with Gasteiger partial charge < -0.3 is 9.47 Å². The Balaban J connectivity index is 1.73. The molecule has 0 saturated heterocycles. The number of para-hydroxylation sites is 3. The van der Waals surface area contributed by atoms with Crippen LogP contribution in [0.15, 0.2) is 90.0 Å². The molecule has 3 aromatic rings. The first-order valence-corrected chi connectivity index (χ1v) is 8.63. The average molecular weight is 391 g/mol. The second-order valence-corrected chi connectivity index (χ2v) is 5.74. The van der Waals surface area contributed by atoms with E-state index in [2.05, 4.69) is 10.5 Å². The Bertz CT molecular complexity index is 952. The molecule has 0 fully saturated rings. The van der Waals surface area contributed by atoms with Gasteiger partial charge in [-0.1, -0.05) is 48.5 Å². The van der Waals surface area contributed by atoms with Crippen molar-refractivity contribution in [1.29, 1.82) is 0 Å². The smallest absolute Gasteiger partial charge is 0.323 e. The Morgan fingerprint density at radius 2 is 1.41 bits per heavy atom. The van der Waals surface area contributed by atoms with E-state index >= 15 is 0 Å². The van der Waals surface area contributed by atoms with Gasteiger partial charge in [0.25, 0.3) is 5.69 Å². The quantitative estimate of drug-likeness (QED) is 0.274. The van der Waals surface area contributed by atoms with Gasteiger partial charge in [0.15, 0.2) is 0 Å². The van der Waals surface area contributed by atoms with Crippen LogP contribution in [0.1, 0.15) is 5.56 Å². The summed E-state index contributed by atoms with van der Waals surface area (Å²) in [5.74, 6) is 0.199. The molecular weight excluding hydrogens is 374 g/mol. The second-order valence-electron chi connectivity index (χ2n) is 5.74. The maximum Gasteiger partial charge on any atom is 0.323 e. The topological polar surface area (TPSA) is 103 Å². The molecule has 0 aromatic heterocycles. The summed E-state index contributed by atoms with van der Waals surface area (Å²) in [5, 5.41) is 14.8. The largest absolute Gasteiger partial charge is 0.446 e. The molecule has 8 nitrogen and oxygen atoms in total. The van der Waals surface area contributed by atoms with Gasteiger partial charge in [0.1, 0.15) is 11.5 Å². The minimum Gasteiger partial charge on any atom is -0.446 e. The number of hydrazone groups is 1. The van der Waals surface area contributed by atoms with Crippen molar-refractivity contribution >= 4 is 17.8 Å². The van der Waals surface area contributed by atoms with E-state index < -0.39 is 17.1 Å². The molecule has 0 saturated carbocycles. The lowest BCUT2D eigenvalue weighted by atomic mass is 10.2. The fourth-order valence-electron chi connectivity index (χ4n) is 2.36. The fraction of sp³-hybridized carbons (Fsp3) is 0.0476. The number of nitrogens with zero attached hydrogens (tertiary/aromatic N) is 2. The van der Waals surface area contributed by atoms with Gasteiger partial charge in [-0.25, -0.2) is 5.43 Å². The third-order valence-electron chi connectivity index (χ3n) is 3.70. The van der Waals surface area contributed by atoms with E-state index in [4.69, 9.17) is 9.47 Å². The van der Waals surface area contributed by atoms with Crippen molar-refractivity contribution in [1.82, 2.24) is 5.43 Å². The molecule has 146 valence electrons. The SMILES string of the molecule is O=C(N/N=C\c1ccccc1[N+](=O)[O-])C(Oc1ccccc1)Oc1ccccc1. The van der Waals surface area contributed by atoms with Gasteiger partial charge in [0.05, 0.1) is 16.7 Å². The molecule has 1 N–H and O–H groups in total. The standard InChI is InChI=1S/C21H17N3O5/c25-20(23-22-15-16-9-7-8-14-19(16)24(26)27)21(28-17-10-3-1-4-11-17)29-18-12-5-2-6-13-18/h1-15,21H,(H,23,25)/b22-15-. The van der Waals surface area contributed by atoms with Crippen LogP contribution in [-0.4, -0.2) is 23.3 Å². The monoisotopic (exact) mass is 391 g/mol. The molecule has 0 aliphatic heterocycles. The Morgan fingerprint density at radius 1 is 0.897 bits per heavy atom. The van der Waals surface area contributed by atoms with Crippen molar-refractivity contribution in [3.8, 4) is 11.5 Å². The first-order chi connectivity index (χ1) is 14.1. The van der Waals surface area contributed by atoms with Crippen LogP contribution in [0.3, 0.4) is 0 Å². The maximum absolute atomic E-state index is 12.6. The summed E-state index contributed by atoms with van der Waals surface area (Å²) in [6.45, 7) is 0. The van der Waals surface area contributed by atoms with Crippen LogP contribution < -0.4 is 14.9 Å². The van der Waals surface area contributed by atoms with Crippen LogP contribution in [0.25, 0.3) is 0 Å². The lowest BCUT2D eigenvalue weighted by Gasteiger charge is -2.18. The minimum absolute atomic E-state index is 0.122. The summed E-state index contributed by atoms with van der Waals surface area (Å²) < 4.78 is 11.3. The average Bonchev–Trinajstić information content (AvgIpc) is 2.75. The van der Waals surface area contributed by atoms with E-state index in [1.54, 1.807) is 60.7 Å². The number of carbonyl (C=O) groups excluding carboxylic acids is 1. The number of nitro benzene ring substituents is 1. The van der Waals surface area contributed by atoms with Crippen LogP contribution >= 0.6 is 0 Å². The summed E-state index contributed by atoms with van der Waals surface area (Å²) in [7, 11) is 0. The lowest BCUT2D eigenvalue weighted by molar-refractivity contribution is -0.385. The highest BCUT2D eigenvalue weighted by atomic mass is 16.7. The van der Waals surface area contributed by atoms with Crippen LogP contribution in [-0.2, 0) is 4.79 Å². The van der Waals surface area contributed by atoms with Gasteiger partial charge in [-0.2, -0.15) is 5.10 Å². The van der Waals surface area contributed by atoms with E-state index in [-0.39, 0.29) is 11.3 Å². The molecule has 29 heavy (non-hydrogen) atoms. The number of nitro groups is 1. The first-order valence-electron chi connectivity index (χ1n) is 8.63. The van der Waals surface area contributed by atoms with Crippen LogP contribution in [0.2, 0.25) is 0 Å². The third-order valence-corrected chi connectivity index (χ3v) is 3.70. The van der Waals surface area contributed by atoms with Crippen molar-refractivity contribution in [3.05, 3.63) is 101 Å². The molecule has 0 radical (unpaired) electrons. The predicted molar refractivity (Wildman–Crippen MR) is 107 cm³/mol. The van der Waals surface area contributed by atoms with Gasteiger partial charge in [-0.05, 0) is 30.3 Å². The Kier molecular flexibility index (Phi) is 6.51. The van der Waals surface area contributed by atoms with Crippen molar-refractivity contribution in [2.45, 2.75) is 6.29 Å². The number of hydrogen-bond donors (Lipinski definition) is 1. The second kappa shape index (κ2) is 9.65. The highest BCUT2D eigenvalue weighted by Gasteiger charge is 2.22. The van der Waals surface area contributed by atoms with E-state index in [0.29, 0.717) is 11.5 Å². The highest BCUT2D eigenvalue weighted by molar-refractivity contribution is 5.87. The molecule has 3 rings (SSSR count). The maximum atomic E-state index is 12.6. The molecular formula is C21H17N3O5. The minimum atomic E-state index is -1.32. The molecule has 0 aliphatic rings. The van der Waals surface area contributed by atoms with E-state index in [0.717, 1.165) is 0 Å². The van der Waals surface area contributed by atoms with E-state index in [1.807, 2.05) is 12.1 Å². The first kappa shape index (κ1) is 19.6. The lowest BCUT2D eigenvalue weighted by Crippen LogP contribution is -2.40. The zero-order valence-corrected chi connectivity index (χ0v) is 15.2. The van der Waals surface area contributed by atoms with Gasteiger partial charge in [0, 0.05) is 6.07 Å². The van der Waals surface area contributed by atoms with Crippen molar-refractivity contribution in [2.75, 3.05) is 0 Å². The van der Waals surface area contributed by atoms with Gasteiger partial charge in [-0.3, -0.25) is 14.9 Å². The third kappa shape index (κ3) is 5.64. The molecule has 0 heterocycles. The van der Waals surface area contributed by atoms with Crippen molar-refractivity contribution in [2.24, 2.45) is 5.10 Å². The molecule has 0 aliphatic carbocycles. The molecule has 0 atom stereocenters. The number of ether oxygens (including phenoxy) is 2. The summed E-state index contributed by atoms with van der Waals surface area (Å²) in [6, 6.07) is 23.5. The number of hydrogen-bond acceptors (Lipinski definition) is 6. The van der Waals surface area contributed by atoms with Crippen molar-refractivity contribution in [3.63, 3.8) is 0 Å². The summed E-state index contributed by atoms with van der Waals surface area (Å²) in [5.41, 5.74) is 2.43. The number of carbonyl (C=O) groups is 1. The number of benzene rings is 3. The Hall–Kier alpha value is -4.20. The van der Waals surface area contributed by atoms with Gasteiger partial charge in [0.2, 0.25) is 0 Å². The normalized spacial score (nSPS) is 10.7. The van der Waals surface area contributed by atoms with Crippen LogP contribution in [0.5, 0.6) is 11.5 Å². The molecule has 1 amide bonds. The zero-order chi connectivity index (χ0) is 20.5. The Labute approximate surface area is 166 Å². The van der Waals surface area contributed by atoms with Gasteiger partial charge >= 0.3 is 12.2 Å². The molecule has 8 heteroatoms.